The first kappa shape index (κ1) is 9.44. The molecule has 1 aliphatic heterocycles. The number of aliphatic hydroxyl groups is 1. The van der Waals surface area contributed by atoms with E-state index in [9.17, 15) is 5.11 Å². The molecule has 2 unspecified atom stereocenters. The first-order chi connectivity index (χ1) is 6.42. The Balaban J connectivity index is 1.90. The average Bonchev–Trinajstić information content (AvgIpc) is 2.67. The Morgan fingerprint density at radius 2 is 2.00 bits per heavy atom. The zero-order valence-electron chi connectivity index (χ0n) is 8.21. The Bertz CT molecular complexity index is 157. The third kappa shape index (κ3) is 2.03. The summed E-state index contributed by atoms with van der Waals surface area (Å²) in [5.74, 6) is 0.554. The second kappa shape index (κ2) is 4.40. The number of nitrogens with one attached hydrogen (secondary N) is 1. The molecule has 0 aromatic rings. The van der Waals surface area contributed by atoms with Crippen molar-refractivity contribution >= 4 is 0 Å². The molecule has 0 radical (unpaired) electrons. The van der Waals surface area contributed by atoms with Crippen LogP contribution in [0.1, 0.15) is 19.3 Å². The van der Waals surface area contributed by atoms with Crippen molar-refractivity contribution in [3.8, 4) is 0 Å². The Kier molecular flexibility index (Phi) is 3.19. The molecular formula is C10H20N2O. The van der Waals surface area contributed by atoms with Crippen molar-refractivity contribution in [2.24, 2.45) is 5.92 Å². The minimum absolute atomic E-state index is 0.384. The second-order valence-corrected chi connectivity index (χ2v) is 4.23. The van der Waals surface area contributed by atoms with Crippen LogP contribution in [0.4, 0.5) is 0 Å². The lowest BCUT2D eigenvalue weighted by molar-refractivity contribution is 0.105. The molecule has 0 spiro atoms. The monoisotopic (exact) mass is 184 g/mol. The second-order valence-electron chi connectivity index (χ2n) is 4.23. The van der Waals surface area contributed by atoms with Gasteiger partial charge in [0, 0.05) is 38.8 Å². The van der Waals surface area contributed by atoms with E-state index in [2.05, 4.69) is 10.2 Å². The molecule has 2 atom stereocenters. The van der Waals surface area contributed by atoms with Crippen LogP contribution in [0.25, 0.3) is 0 Å². The highest BCUT2D eigenvalue weighted by Gasteiger charge is 2.31. The Morgan fingerprint density at radius 1 is 1.23 bits per heavy atom. The van der Waals surface area contributed by atoms with E-state index in [-0.39, 0.29) is 0 Å². The molecule has 0 bridgehead atoms. The van der Waals surface area contributed by atoms with Crippen molar-refractivity contribution in [3.63, 3.8) is 0 Å². The molecular weight excluding hydrogens is 164 g/mol. The van der Waals surface area contributed by atoms with Crippen LogP contribution in [0.15, 0.2) is 0 Å². The van der Waals surface area contributed by atoms with E-state index in [1.54, 1.807) is 0 Å². The molecule has 1 heterocycles. The van der Waals surface area contributed by atoms with E-state index < -0.39 is 0 Å². The zero-order chi connectivity index (χ0) is 9.10. The van der Waals surface area contributed by atoms with Crippen LogP contribution in [-0.4, -0.2) is 48.8 Å². The Hall–Kier alpha value is -0.120. The molecule has 2 rings (SSSR count). The molecule has 13 heavy (non-hydrogen) atoms. The van der Waals surface area contributed by atoms with Gasteiger partial charge in [0.05, 0.1) is 0 Å². The van der Waals surface area contributed by atoms with Crippen molar-refractivity contribution in [1.82, 2.24) is 10.2 Å². The third-order valence-corrected chi connectivity index (χ3v) is 3.47. The van der Waals surface area contributed by atoms with E-state index in [1.807, 2.05) is 0 Å². The van der Waals surface area contributed by atoms with Gasteiger partial charge in [0.1, 0.15) is 0 Å². The molecule has 2 N–H and O–H groups in total. The maximum atomic E-state index is 9.22. The lowest BCUT2D eigenvalue weighted by atomic mass is 10.0. The van der Waals surface area contributed by atoms with Crippen molar-refractivity contribution in [3.05, 3.63) is 0 Å². The van der Waals surface area contributed by atoms with Gasteiger partial charge in [0.15, 0.2) is 0 Å². The molecule has 2 aliphatic rings. The van der Waals surface area contributed by atoms with Crippen LogP contribution in [0.3, 0.4) is 0 Å². The van der Waals surface area contributed by atoms with E-state index in [0.717, 1.165) is 13.1 Å². The highest BCUT2D eigenvalue weighted by Crippen LogP contribution is 2.29. The van der Waals surface area contributed by atoms with Gasteiger partial charge in [-0.25, -0.2) is 0 Å². The maximum Gasteiger partial charge on any atom is 0.0474 e. The molecule has 3 nitrogen and oxygen atoms in total. The SMILES string of the molecule is OCC1CCCC1N1CCNCC1. The average molecular weight is 184 g/mol. The Morgan fingerprint density at radius 3 is 2.69 bits per heavy atom. The smallest absolute Gasteiger partial charge is 0.0474 e. The van der Waals surface area contributed by atoms with Crippen molar-refractivity contribution in [2.45, 2.75) is 25.3 Å². The summed E-state index contributed by atoms with van der Waals surface area (Å²) in [5, 5.41) is 12.6. The molecule has 0 aromatic heterocycles. The highest BCUT2D eigenvalue weighted by atomic mass is 16.3. The summed E-state index contributed by atoms with van der Waals surface area (Å²) in [4.78, 5) is 2.56. The predicted molar refractivity (Wildman–Crippen MR) is 52.7 cm³/mol. The number of hydrogen-bond acceptors (Lipinski definition) is 3. The zero-order valence-corrected chi connectivity index (χ0v) is 8.21. The lowest BCUT2D eigenvalue weighted by Crippen LogP contribution is -2.50. The van der Waals surface area contributed by atoms with Crippen LogP contribution >= 0.6 is 0 Å². The van der Waals surface area contributed by atoms with Gasteiger partial charge in [0.25, 0.3) is 0 Å². The summed E-state index contributed by atoms with van der Waals surface area (Å²) in [7, 11) is 0. The first-order valence-electron chi connectivity index (χ1n) is 5.47. The van der Waals surface area contributed by atoms with E-state index in [1.165, 1.54) is 32.4 Å². The summed E-state index contributed by atoms with van der Waals surface area (Å²) in [6.45, 7) is 4.96. The van der Waals surface area contributed by atoms with Crippen molar-refractivity contribution in [1.29, 1.82) is 0 Å². The minimum atomic E-state index is 0.384. The number of nitrogens with zero attached hydrogens (tertiary/aromatic N) is 1. The van der Waals surface area contributed by atoms with Crippen LogP contribution in [0.2, 0.25) is 0 Å². The standard InChI is InChI=1S/C10H20N2O/c13-8-9-2-1-3-10(9)12-6-4-11-5-7-12/h9-11,13H,1-8H2. The maximum absolute atomic E-state index is 9.22. The van der Waals surface area contributed by atoms with Crippen LogP contribution < -0.4 is 5.32 Å². The van der Waals surface area contributed by atoms with Crippen LogP contribution in [-0.2, 0) is 0 Å². The van der Waals surface area contributed by atoms with Gasteiger partial charge in [-0.15, -0.1) is 0 Å². The molecule has 1 saturated carbocycles. The summed E-state index contributed by atoms with van der Waals surface area (Å²) in [5.41, 5.74) is 0. The molecule has 0 amide bonds. The Labute approximate surface area is 80.1 Å². The molecule has 0 aromatic carbocycles. The van der Waals surface area contributed by atoms with E-state index in [0.29, 0.717) is 18.6 Å². The third-order valence-electron chi connectivity index (χ3n) is 3.47. The largest absolute Gasteiger partial charge is 0.396 e. The number of rotatable bonds is 2. The van der Waals surface area contributed by atoms with Crippen LogP contribution in [0.5, 0.6) is 0 Å². The number of aliphatic hydroxyl groups excluding tert-OH is 1. The van der Waals surface area contributed by atoms with Gasteiger partial charge in [-0.3, -0.25) is 4.90 Å². The summed E-state index contributed by atoms with van der Waals surface area (Å²) < 4.78 is 0. The topological polar surface area (TPSA) is 35.5 Å². The summed E-state index contributed by atoms with van der Waals surface area (Å²) in [6, 6.07) is 0.673. The summed E-state index contributed by atoms with van der Waals surface area (Å²) >= 11 is 0. The minimum Gasteiger partial charge on any atom is -0.396 e. The molecule has 76 valence electrons. The van der Waals surface area contributed by atoms with Gasteiger partial charge in [-0.2, -0.15) is 0 Å². The van der Waals surface area contributed by atoms with Gasteiger partial charge in [-0.1, -0.05) is 6.42 Å². The fourth-order valence-corrected chi connectivity index (χ4v) is 2.72. The van der Waals surface area contributed by atoms with Gasteiger partial charge in [0.2, 0.25) is 0 Å². The van der Waals surface area contributed by atoms with Gasteiger partial charge in [-0.05, 0) is 18.8 Å². The quantitative estimate of drug-likeness (QED) is 0.636. The number of piperazine rings is 1. The fraction of sp³-hybridized carbons (Fsp3) is 1.00. The van der Waals surface area contributed by atoms with Crippen molar-refractivity contribution < 1.29 is 5.11 Å². The fourth-order valence-electron chi connectivity index (χ4n) is 2.72. The summed E-state index contributed by atoms with van der Waals surface area (Å²) in [6.07, 6.45) is 3.83. The van der Waals surface area contributed by atoms with Gasteiger partial charge < -0.3 is 10.4 Å². The molecule has 2 fully saturated rings. The van der Waals surface area contributed by atoms with E-state index >= 15 is 0 Å². The molecule has 1 saturated heterocycles. The molecule has 3 heteroatoms. The first-order valence-corrected chi connectivity index (χ1v) is 5.47. The van der Waals surface area contributed by atoms with Gasteiger partial charge >= 0.3 is 0 Å². The van der Waals surface area contributed by atoms with Crippen molar-refractivity contribution in [2.75, 3.05) is 32.8 Å². The van der Waals surface area contributed by atoms with E-state index in [4.69, 9.17) is 0 Å². The normalized spacial score (nSPS) is 36.7. The molecule has 1 aliphatic carbocycles. The number of hydrogen-bond donors (Lipinski definition) is 2. The van der Waals surface area contributed by atoms with Crippen LogP contribution in [0, 0.1) is 5.92 Å². The highest BCUT2D eigenvalue weighted by molar-refractivity contribution is 4.86. The predicted octanol–water partition coefficient (Wildman–Crippen LogP) is 0.0526. The lowest BCUT2D eigenvalue weighted by Gasteiger charge is -2.35.